The van der Waals surface area contributed by atoms with Crippen LogP contribution in [0.15, 0.2) is 18.7 Å². The summed E-state index contributed by atoms with van der Waals surface area (Å²) in [5.74, 6) is -0.180. The maximum Gasteiger partial charge on any atom is 0.332 e. The van der Waals surface area contributed by atoms with E-state index in [1.807, 2.05) is 0 Å². The lowest BCUT2D eigenvalue weighted by Gasteiger charge is -2.03. The molecule has 19 heavy (non-hydrogen) atoms. The average Bonchev–Trinajstić information content (AvgIpc) is 2.89. The summed E-state index contributed by atoms with van der Waals surface area (Å²) in [6.45, 7) is 2.24. The number of rotatable bonds is 11. The van der Waals surface area contributed by atoms with Crippen molar-refractivity contribution >= 4 is 5.97 Å². The molecule has 0 aliphatic rings. The maximum absolute atomic E-state index is 11.4. The summed E-state index contributed by atoms with van der Waals surface area (Å²) in [7, 11) is 0. The van der Waals surface area contributed by atoms with Gasteiger partial charge in [0, 0.05) is 12.6 Å². The van der Waals surface area contributed by atoms with Gasteiger partial charge in [0.1, 0.15) is 6.33 Å². The molecule has 0 atom stereocenters. The van der Waals surface area contributed by atoms with Crippen molar-refractivity contribution in [2.75, 3.05) is 0 Å². The summed E-state index contributed by atoms with van der Waals surface area (Å²) in [6.07, 6.45) is 16.5. The van der Waals surface area contributed by atoms with Crippen molar-refractivity contribution in [1.82, 2.24) is 9.71 Å². The van der Waals surface area contributed by atoms with Crippen LogP contribution in [0.2, 0.25) is 0 Å². The standard InChI is InChI=1S/C15H26N2O2/c1-2-3-4-5-6-7-8-9-10-11-15(18)19-17-13-12-16-14-17/h12-14H,2-11H2,1H3. The Hall–Kier alpha value is -1.32. The number of aromatic nitrogens is 2. The van der Waals surface area contributed by atoms with Crippen LogP contribution in [0.4, 0.5) is 0 Å². The summed E-state index contributed by atoms with van der Waals surface area (Å²) in [5, 5.41) is 0. The van der Waals surface area contributed by atoms with Gasteiger partial charge >= 0.3 is 5.97 Å². The van der Waals surface area contributed by atoms with Crippen LogP contribution in [0.5, 0.6) is 0 Å². The van der Waals surface area contributed by atoms with Crippen molar-refractivity contribution in [2.45, 2.75) is 71.1 Å². The highest BCUT2D eigenvalue weighted by atomic mass is 16.7. The predicted molar refractivity (Wildman–Crippen MR) is 75.7 cm³/mol. The highest BCUT2D eigenvalue weighted by Crippen LogP contribution is 2.10. The van der Waals surface area contributed by atoms with Gasteiger partial charge in [-0.05, 0) is 6.42 Å². The first kappa shape index (κ1) is 15.7. The van der Waals surface area contributed by atoms with E-state index in [0.717, 1.165) is 12.8 Å². The van der Waals surface area contributed by atoms with Crippen LogP contribution in [0.1, 0.15) is 71.1 Å². The number of nitrogens with zero attached hydrogens (tertiary/aromatic N) is 2. The zero-order valence-corrected chi connectivity index (χ0v) is 12.0. The molecule has 0 aliphatic carbocycles. The second-order valence-electron chi connectivity index (χ2n) is 4.96. The van der Waals surface area contributed by atoms with Crippen molar-refractivity contribution in [2.24, 2.45) is 0 Å². The largest absolute Gasteiger partial charge is 0.336 e. The molecule has 0 aliphatic heterocycles. The molecule has 0 unspecified atom stereocenters. The Morgan fingerprint density at radius 3 is 2.26 bits per heavy atom. The normalized spacial score (nSPS) is 10.6. The summed E-state index contributed by atoms with van der Waals surface area (Å²) in [5.41, 5.74) is 0. The molecule has 0 N–H and O–H groups in total. The van der Waals surface area contributed by atoms with Gasteiger partial charge in [-0.1, -0.05) is 58.3 Å². The second kappa shape index (κ2) is 10.6. The number of carbonyl (C=O) groups excluding carboxylic acids is 1. The fourth-order valence-corrected chi connectivity index (χ4v) is 2.04. The van der Waals surface area contributed by atoms with Gasteiger partial charge in [-0.25, -0.2) is 9.78 Å². The van der Waals surface area contributed by atoms with Crippen LogP contribution in [0.3, 0.4) is 0 Å². The molecule has 4 heteroatoms. The molecule has 0 saturated carbocycles. The van der Waals surface area contributed by atoms with E-state index in [4.69, 9.17) is 4.84 Å². The van der Waals surface area contributed by atoms with Crippen molar-refractivity contribution in [3.05, 3.63) is 18.7 Å². The minimum absolute atomic E-state index is 0.180. The summed E-state index contributed by atoms with van der Waals surface area (Å²) < 4.78 is 1.34. The average molecular weight is 266 g/mol. The van der Waals surface area contributed by atoms with Gasteiger partial charge in [0.05, 0.1) is 6.20 Å². The molecule has 1 rings (SSSR count). The van der Waals surface area contributed by atoms with Crippen LogP contribution in [-0.2, 0) is 4.79 Å². The Labute approximate surface area is 116 Å². The number of imidazole rings is 1. The predicted octanol–water partition coefficient (Wildman–Crippen LogP) is 3.76. The van der Waals surface area contributed by atoms with Gasteiger partial charge in [-0.15, -0.1) is 0 Å². The molecular formula is C15H26N2O2. The number of hydrogen-bond acceptors (Lipinski definition) is 3. The quantitative estimate of drug-likeness (QED) is 0.573. The summed E-state index contributed by atoms with van der Waals surface area (Å²) in [4.78, 5) is 20.3. The molecule has 0 radical (unpaired) electrons. The number of carbonyl (C=O) groups is 1. The topological polar surface area (TPSA) is 44.1 Å². The first-order valence-electron chi connectivity index (χ1n) is 7.52. The van der Waals surface area contributed by atoms with Crippen LogP contribution in [-0.4, -0.2) is 15.7 Å². The Bertz CT molecular complexity index is 323. The number of unbranched alkanes of at least 4 members (excludes halogenated alkanes) is 8. The van der Waals surface area contributed by atoms with E-state index in [1.165, 1.54) is 56.0 Å². The maximum atomic E-state index is 11.4. The molecule has 0 spiro atoms. The van der Waals surface area contributed by atoms with Crippen LogP contribution < -0.4 is 4.84 Å². The summed E-state index contributed by atoms with van der Waals surface area (Å²) >= 11 is 0. The summed E-state index contributed by atoms with van der Waals surface area (Å²) in [6, 6.07) is 0. The molecule has 0 saturated heterocycles. The van der Waals surface area contributed by atoms with E-state index < -0.39 is 0 Å². The van der Waals surface area contributed by atoms with Crippen LogP contribution in [0, 0.1) is 0 Å². The lowest BCUT2D eigenvalue weighted by Crippen LogP contribution is -2.17. The van der Waals surface area contributed by atoms with Crippen molar-refractivity contribution in [3.8, 4) is 0 Å². The third-order valence-corrected chi connectivity index (χ3v) is 3.17. The lowest BCUT2D eigenvalue weighted by molar-refractivity contribution is -0.144. The minimum atomic E-state index is -0.180. The zero-order chi connectivity index (χ0) is 13.8. The highest BCUT2D eigenvalue weighted by Gasteiger charge is 2.03. The van der Waals surface area contributed by atoms with Gasteiger partial charge < -0.3 is 4.84 Å². The van der Waals surface area contributed by atoms with Gasteiger partial charge in [0.2, 0.25) is 0 Å². The molecule has 4 nitrogen and oxygen atoms in total. The van der Waals surface area contributed by atoms with Gasteiger partial charge in [0.15, 0.2) is 0 Å². The molecule has 1 aromatic rings. The first-order valence-corrected chi connectivity index (χ1v) is 7.52. The van der Waals surface area contributed by atoms with E-state index >= 15 is 0 Å². The van der Waals surface area contributed by atoms with E-state index in [-0.39, 0.29) is 5.97 Å². The molecular weight excluding hydrogens is 240 g/mol. The minimum Gasteiger partial charge on any atom is -0.336 e. The van der Waals surface area contributed by atoms with Crippen LogP contribution in [0.25, 0.3) is 0 Å². The molecule has 0 bridgehead atoms. The molecule has 1 heterocycles. The second-order valence-corrected chi connectivity index (χ2v) is 4.96. The van der Waals surface area contributed by atoms with E-state index in [1.54, 1.807) is 12.4 Å². The fourth-order valence-electron chi connectivity index (χ4n) is 2.04. The van der Waals surface area contributed by atoms with Crippen molar-refractivity contribution in [1.29, 1.82) is 0 Å². The van der Waals surface area contributed by atoms with E-state index in [2.05, 4.69) is 11.9 Å². The SMILES string of the molecule is CCCCCCCCCCCC(=O)On1ccnc1. The Morgan fingerprint density at radius 2 is 1.68 bits per heavy atom. The highest BCUT2D eigenvalue weighted by molar-refractivity contribution is 5.69. The van der Waals surface area contributed by atoms with Gasteiger partial charge in [0.25, 0.3) is 0 Å². The molecule has 0 amide bonds. The number of hydrogen-bond donors (Lipinski definition) is 0. The van der Waals surface area contributed by atoms with Gasteiger partial charge in [-0.2, -0.15) is 4.73 Å². The van der Waals surface area contributed by atoms with Crippen molar-refractivity contribution in [3.63, 3.8) is 0 Å². The molecule has 0 aromatic carbocycles. The molecule has 1 aromatic heterocycles. The Balaban J connectivity index is 1.86. The Morgan fingerprint density at radius 1 is 1.05 bits per heavy atom. The Kier molecular flexibility index (Phi) is 8.77. The third-order valence-electron chi connectivity index (χ3n) is 3.17. The van der Waals surface area contributed by atoms with Crippen LogP contribution >= 0.6 is 0 Å². The fraction of sp³-hybridized carbons (Fsp3) is 0.733. The molecule has 0 fully saturated rings. The smallest absolute Gasteiger partial charge is 0.332 e. The third kappa shape index (κ3) is 8.41. The first-order chi connectivity index (χ1) is 9.33. The monoisotopic (exact) mass is 266 g/mol. The van der Waals surface area contributed by atoms with Gasteiger partial charge in [-0.3, -0.25) is 0 Å². The van der Waals surface area contributed by atoms with E-state index in [0.29, 0.717) is 6.42 Å². The zero-order valence-electron chi connectivity index (χ0n) is 12.0. The molecule has 108 valence electrons. The lowest BCUT2D eigenvalue weighted by atomic mass is 10.1. The van der Waals surface area contributed by atoms with Crippen molar-refractivity contribution < 1.29 is 9.63 Å². The van der Waals surface area contributed by atoms with E-state index in [9.17, 15) is 4.79 Å².